The Morgan fingerprint density at radius 2 is 2.27 bits per heavy atom. The van der Waals surface area contributed by atoms with Crippen LogP contribution in [0.15, 0.2) is 36.3 Å². The van der Waals surface area contributed by atoms with Crippen molar-refractivity contribution in [1.82, 2.24) is 15.2 Å². The third-order valence-corrected chi connectivity index (χ3v) is 4.07. The smallest absolute Gasteiger partial charge is 0.265 e. The molecular weight excluding hydrogens is 276 g/mol. The van der Waals surface area contributed by atoms with Gasteiger partial charge >= 0.3 is 0 Å². The zero-order valence-corrected chi connectivity index (χ0v) is 13.0. The molecule has 1 fully saturated rings. The maximum absolute atomic E-state index is 12.4. The maximum atomic E-state index is 12.4. The monoisotopic (exact) mass is 298 g/mol. The van der Waals surface area contributed by atoms with Crippen molar-refractivity contribution in [3.63, 3.8) is 0 Å². The van der Waals surface area contributed by atoms with Crippen LogP contribution in [0.1, 0.15) is 37.7 Å². The van der Waals surface area contributed by atoms with Gasteiger partial charge in [-0.15, -0.1) is 0 Å². The van der Waals surface area contributed by atoms with Gasteiger partial charge in [0, 0.05) is 38.2 Å². The second-order valence-corrected chi connectivity index (χ2v) is 5.62. The Balaban J connectivity index is 1.93. The number of aromatic nitrogens is 1. The van der Waals surface area contributed by atoms with Crippen LogP contribution in [0.25, 0.3) is 0 Å². The average molecular weight is 298 g/mol. The number of carbonyl (C=O) groups excluding carboxylic acids is 1. The van der Waals surface area contributed by atoms with Crippen LogP contribution in [0.4, 0.5) is 0 Å². The molecule has 1 saturated carbocycles. The minimum absolute atomic E-state index is 0.150. The molecule has 1 heterocycles. The van der Waals surface area contributed by atoms with Gasteiger partial charge in [-0.1, -0.05) is 25.3 Å². The number of nitriles is 1. The van der Waals surface area contributed by atoms with Crippen molar-refractivity contribution >= 4 is 5.91 Å². The Kier molecular flexibility index (Phi) is 5.96. The summed E-state index contributed by atoms with van der Waals surface area (Å²) >= 11 is 0. The highest BCUT2D eigenvalue weighted by Gasteiger charge is 2.24. The number of likely N-dealkylation sites (N-methyl/N-ethyl adjacent to an activating group) is 1. The van der Waals surface area contributed by atoms with Crippen molar-refractivity contribution in [2.45, 2.75) is 44.7 Å². The lowest BCUT2D eigenvalue weighted by Gasteiger charge is -2.31. The van der Waals surface area contributed by atoms with E-state index in [4.69, 9.17) is 0 Å². The molecule has 22 heavy (non-hydrogen) atoms. The zero-order valence-electron chi connectivity index (χ0n) is 13.0. The fourth-order valence-electron chi connectivity index (χ4n) is 2.74. The van der Waals surface area contributed by atoms with E-state index in [1.165, 1.54) is 12.6 Å². The summed E-state index contributed by atoms with van der Waals surface area (Å²) in [6.45, 7) is 0.541. The van der Waals surface area contributed by atoms with E-state index in [2.05, 4.69) is 10.3 Å². The lowest BCUT2D eigenvalue weighted by Crippen LogP contribution is -2.39. The first-order valence-corrected chi connectivity index (χ1v) is 7.72. The molecule has 1 aliphatic rings. The Morgan fingerprint density at radius 3 is 2.91 bits per heavy atom. The molecule has 0 unspecified atom stereocenters. The van der Waals surface area contributed by atoms with Crippen LogP contribution in [0, 0.1) is 11.3 Å². The topological polar surface area (TPSA) is 69.0 Å². The van der Waals surface area contributed by atoms with Crippen LogP contribution in [0.5, 0.6) is 0 Å². The minimum Gasteiger partial charge on any atom is -0.386 e. The molecule has 0 radical (unpaired) electrons. The molecule has 1 amide bonds. The summed E-state index contributed by atoms with van der Waals surface area (Å²) in [5.74, 6) is -0.201. The number of nitrogens with one attached hydrogen (secondary N) is 1. The molecule has 0 aliphatic heterocycles. The Bertz CT molecular complexity index is 556. The number of hydrogen-bond acceptors (Lipinski definition) is 4. The number of rotatable bonds is 5. The summed E-state index contributed by atoms with van der Waals surface area (Å²) in [7, 11) is 1.80. The number of nitrogens with zero attached hydrogens (tertiary/aromatic N) is 3. The summed E-state index contributed by atoms with van der Waals surface area (Å²) in [5.41, 5.74) is 1.15. The molecule has 2 rings (SSSR count). The molecule has 1 aromatic rings. The quantitative estimate of drug-likeness (QED) is 0.669. The largest absolute Gasteiger partial charge is 0.386 e. The summed E-state index contributed by atoms with van der Waals surface area (Å²) in [6, 6.07) is 6.06. The van der Waals surface area contributed by atoms with E-state index in [-0.39, 0.29) is 17.5 Å². The van der Waals surface area contributed by atoms with Gasteiger partial charge in [-0.25, -0.2) is 0 Å². The number of amides is 1. The van der Waals surface area contributed by atoms with Gasteiger partial charge in [0.2, 0.25) is 0 Å². The van der Waals surface area contributed by atoms with E-state index in [1.807, 2.05) is 18.2 Å². The van der Waals surface area contributed by atoms with E-state index >= 15 is 0 Å². The molecule has 0 saturated heterocycles. The lowest BCUT2D eigenvalue weighted by molar-refractivity contribution is -0.128. The highest BCUT2D eigenvalue weighted by atomic mass is 16.2. The second kappa shape index (κ2) is 8.18. The number of hydrogen-bond donors (Lipinski definition) is 1. The molecule has 5 nitrogen and oxygen atoms in total. The average Bonchev–Trinajstić information content (AvgIpc) is 2.59. The van der Waals surface area contributed by atoms with Gasteiger partial charge in [0.05, 0.1) is 0 Å². The highest BCUT2D eigenvalue weighted by molar-refractivity contribution is 5.97. The molecule has 0 aromatic carbocycles. The van der Waals surface area contributed by atoms with Crippen LogP contribution in [0.3, 0.4) is 0 Å². The Hall–Kier alpha value is -2.35. The van der Waals surface area contributed by atoms with Gasteiger partial charge in [-0.05, 0) is 24.5 Å². The number of carbonyl (C=O) groups is 1. The fraction of sp³-hybridized carbons (Fsp3) is 0.471. The van der Waals surface area contributed by atoms with Crippen LogP contribution in [-0.2, 0) is 11.3 Å². The van der Waals surface area contributed by atoms with Crippen LogP contribution >= 0.6 is 0 Å². The second-order valence-electron chi connectivity index (χ2n) is 5.62. The normalized spacial score (nSPS) is 15.9. The van der Waals surface area contributed by atoms with Gasteiger partial charge in [-0.3, -0.25) is 9.78 Å². The standard InChI is InChI=1S/C17H22N4O/c1-21(16-7-3-2-4-8-16)17(22)15(10-18)13-20-12-14-6-5-9-19-11-14/h5-6,9,11,13,16,20H,2-4,7-8,12H2,1H3/b15-13-. The van der Waals surface area contributed by atoms with Crippen molar-refractivity contribution < 1.29 is 4.79 Å². The van der Waals surface area contributed by atoms with Crippen molar-refractivity contribution in [2.75, 3.05) is 7.05 Å². The third-order valence-electron chi connectivity index (χ3n) is 4.07. The van der Waals surface area contributed by atoms with Crippen molar-refractivity contribution in [2.24, 2.45) is 0 Å². The number of pyridine rings is 1. The van der Waals surface area contributed by atoms with Crippen molar-refractivity contribution in [3.05, 3.63) is 41.9 Å². The first kappa shape index (κ1) is 16.0. The SMILES string of the molecule is CN(C(=O)/C(C#N)=C\NCc1cccnc1)C1CCCCC1. The van der Waals surface area contributed by atoms with Crippen LogP contribution in [0.2, 0.25) is 0 Å². The van der Waals surface area contributed by atoms with E-state index < -0.39 is 0 Å². The van der Waals surface area contributed by atoms with Gasteiger partial charge in [0.15, 0.2) is 0 Å². The first-order chi connectivity index (χ1) is 10.7. The molecule has 1 aliphatic carbocycles. The minimum atomic E-state index is -0.201. The summed E-state index contributed by atoms with van der Waals surface area (Å²) < 4.78 is 0. The van der Waals surface area contributed by atoms with E-state index in [9.17, 15) is 10.1 Å². The molecule has 1 N–H and O–H groups in total. The summed E-state index contributed by atoms with van der Waals surface area (Å²) in [5, 5.41) is 12.2. The molecule has 0 spiro atoms. The fourth-order valence-corrected chi connectivity index (χ4v) is 2.74. The van der Waals surface area contributed by atoms with E-state index in [1.54, 1.807) is 24.3 Å². The Morgan fingerprint density at radius 1 is 1.50 bits per heavy atom. The third kappa shape index (κ3) is 4.32. The maximum Gasteiger partial charge on any atom is 0.265 e. The Labute approximate surface area is 131 Å². The molecule has 1 aromatic heterocycles. The summed E-state index contributed by atoms with van der Waals surface area (Å²) in [6.07, 6.45) is 10.6. The van der Waals surface area contributed by atoms with E-state index in [0.29, 0.717) is 6.54 Å². The molecular formula is C17H22N4O. The predicted molar refractivity (Wildman–Crippen MR) is 84.4 cm³/mol. The molecule has 5 heteroatoms. The van der Waals surface area contributed by atoms with Gasteiger partial charge in [-0.2, -0.15) is 5.26 Å². The van der Waals surface area contributed by atoms with Gasteiger partial charge in [0.1, 0.15) is 11.6 Å². The van der Waals surface area contributed by atoms with E-state index in [0.717, 1.165) is 31.2 Å². The van der Waals surface area contributed by atoms with Crippen molar-refractivity contribution in [1.29, 1.82) is 5.26 Å². The van der Waals surface area contributed by atoms with Crippen molar-refractivity contribution in [3.8, 4) is 6.07 Å². The van der Waals surface area contributed by atoms with Crippen LogP contribution in [-0.4, -0.2) is 28.9 Å². The summed E-state index contributed by atoms with van der Waals surface area (Å²) in [4.78, 5) is 18.1. The zero-order chi connectivity index (χ0) is 15.8. The van der Waals surface area contributed by atoms with Crippen LogP contribution < -0.4 is 5.32 Å². The molecule has 0 bridgehead atoms. The molecule has 116 valence electrons. The lowest BCUT2D eigenvalue weighted by atomic mass is 9.94. The van der Waals surface area contributed by atoms with Gasteiger partial charge < -0.3 is 10.2 Å². The highest BCUT2D eigenvalue weighted by Crippen LogP contribution is 2.22. The van der Waals surface area contributed by atoms with Gasteiger partial charge in [0.25, 0.3) is 5.91 Å². The first-order valence-electron chi connectivity index (χ1n) is 7.72. The predicted octanol–water partition coefficient (Wildman–Crippen LogP) is 2.37. The molecule has 0 atom stereocenters.